The summed E-state index contributed by atoms with van der Waals surface area (Å²) in [5, 5.41) is 5.27. The van der Waals surface area contributed by atoms with Crippen LogP contribution in [0.4, 0.5) is 4.79 Å². The van der Waals surface area contributed by atoms with Crippen LogP contribution in [0.25, 0.3) is 0 Å². The van der Waals surface area contributed by atoms with Crippen molar-refractivity contribution in [2.75, 3.05) is 60.3 Å². The normalized spacial score (nSPS) is 15.8. The Morgan fingerprint density at radius 1 is 0.902 bits per heavy atom. The van der Waals surface area contributed by atoms with Gasteiger partial charge in [0, 0.05) is 46.3 Å². The topological polar surface area (TPSA) is 125 Å². The largest absolute Gasteiger partial charge is 0.381 e. The number of imide groups is 1. The monoisotopic (exact) mass is 587 g/mol. The van der Waals surface area contributed by atoms with Gasteiger partial charge in [-0.25, -0.2) is 4.79 Å². The van der Waals surface area contributed by atoms with Gasteiger partial charge in [-0.3, -0.25) is 14.5 Å². The van der Waals surface area contributed by atoms with Crippen molar-refractivity contribution in [2.24, 2.45) is 5.92 Å². The first-order chi connectivity index (χ1) is 18.9. The maximum Gasteiger partial charge on any atom is 0.324 e. The van der Waals surface area contributed by atoms with E-state index < -0.39 is 17.2 Å². The van der Waals surface area contributed by atoms with Crippen molar-refractivity contribution < 1.29 is 38.1 Å². The molecule has 0 spiro atoms. The molecule has 0 saturated carbocycles. The van der Waals surface area contributed by atoms with Crippen molar-refractivity contribution in [3.63, 3.8) is 0 Å². The van der Waals surface area contributed by atoms with Crippen LogP contribution in [0.5, 0.6) is 0 Å². The van der Waals surface area contributed by atoms with E-state index in [1.54, 1.807) is 14.2 Å². The number of hydrogen-bond acceptors (Lipinski definition) is 8. The fraction of sp³-hybridized carbons (Fsp3) is 0.900. The molecule has 0 aromatic rings. The Bertz CT molecular complexity index is 813. The second-order valence-electron chi connectivity index (χ2n) is 13.1. The molecule has 1 saturated heterocycles. The number of methoxy groups -OCH3 is 2. The molecule has 1 aliphatic rings. The van der Waals surface area contributed by atoms with Gasteiger partial charge in [-0.05, 0) is 81.1 Å². The van der Waals surface area contributed by atoms with E-state index in [9.17, 15) is 14.4 Å². The third-order valence-electron chi connectivity index (χ3n) is 7.81. The first-order valence-corrected chi connectivity index (χ1v) is 14.7. The first-order valence-electron chi connectivity index (χ1n) is 14.7. The second kappa shape index (κ2) is 16.7. The lowest BCUT2D eigenvalue weighted by molar-refractivity contribution is -0.130. The SMILES string of the molecule is COC(C)(C)CCOC(C)(C)CC(COCCCNC(=O)CCN1C(=O)CNC1=O)C(C)(C)OCCC(C)(C)OC. The van der Waals surface area contributed by atoms with Gasteiger partial charge in [-0.15, -0.1) is 0 Å². The number of ether oxygens (including phenoxy) is 5. The van der Waals surface area contributed by atoms with Gasteiger partial charge in [0.15, 0.2) is 0 Å². The van der Waals surface area contributed by atoms with E-state index in [2.05, 4.69) is 38.3 Å². The Labute approximate surface area is 247 Å². The van der Waals surface area contributed by atoms with Crippen molar-refractivity contribution >= 4 is 17.8 Å². The molecule has 1 heterocycles. The predicted octanol–water partition coefficient (Wildman–Crippen LogP) is 3.68. The van der Waals surface area contributed by atoms with Gasteiger partial charge in [0.05, 0.1) is 48.8 Å². The van der Waals surface area contributed by atoms with E-state index in [1.165, 1.54) is 0 Å². The van der Waals surface area contributed by atoms with Crippen LogP contribution in [-0.4, -0.2) is 105 Å². The first kappa shape index (κ1) is 37.2. The number of urea groups is 1. The summed E-state index contributed by atoms with van der Waals surface area (Å²) in [6, 6.07) is -0.451. The van der Waals surface area contributed by atoms with Crippen LogP contribution < -0.4 is 10.6 Å². The zero-order valence-electron chi connectivity index (χ0n) is 27.3. The van der Waals surface area contributed by atoms with E-state index in [4.69, 9.17) is 23.7 Å². The van der Waals surface area contributed by atoms with Crippen molar-refractivity contribution in [1.82, 2.24) is 15.5 Å². The minimum atomic E-state index is -0.468. The smallest absolute Gasteiger partial charge is 0.324 e. The molecule has 11 nitrogen and oxygen atoms in total. The average molecular weight is 588 g/mol. The average Bonchev–Trinajstić information content (AvgIpc) is 3.20. The summed E-state index contributed by atoms with van der Waals surface area (Å²) >= 11 is 0. The minimum Gasteiger partial charge on any atom is -0.381 e. The zero-order chi connectivity index (χ0) is 31.3. The van der Waals surface area contributed by atoms with Crippen molar-refractivity contribution in [3.8, 4) is 0 Å². The summed E-state index contributed by atoms with van der Waals surface area (Å²) < 4.78 is 29.9. The van der Waals surface area contributed by atoms with Gasteiger partial charge in [0.2, 0.25) is 11.8 Å². The third-order valence-corrected chi connectivity index (χ3v) is 7.81. The fourth-order valence-corrected chi connectivity index (χ4v) is 4.22. The molecule has 1 rings (SSSR count). The van der Waals surface area contributed by atoms with E-state index >= 15 is 0 Å². The molecule has 0 aromatic heterocycles. The Balaban J connectivity index is 2.59. The summed E-state index contributed by atoms with van der Waals surface area (Å²) in [5.74, 6) is -0.468. The molecule has 2 N–H and O–H groups in total. The molecule has 1 unspecified atom stereocenters. The van der Waals surface area contributed by atoms with Gasteiger partial charge in [0.1, 0.15) is 0 Å². The van der Waals surface area contributed by atoms with Gasteiger partial charge in [-0.1, -0.05) is 0 Å². The lowest BCUT2D eigenvalue weighted by Gasteiger charge is -2.40. The van der Waals surface area contributed by atoms with E-state index in [1.807, 2.05) is 27.7 Å². The molecular formula is C30H57N3O8. The zero-order valence-corrected chi connectivity index (χ0v) is 27.3. The molecule has 11 heteroatoms. The van der Waals surface area contributed by atoms with E-state index in [0.717, 1.165) is 24.2 Å². The lowest BCUT2D eigenvalue weighted by atomic mass is 9.82. The fourth-order valence-electron chi connectivity index (χ4n) is 4.22. The van der Waals surface area contributed by atoms with Crippen LogP contribution >= 0.6 is 0 Å². The van der Waals surface area contributed by atoms with Crippen molar-refractivity contribution in [1.29, 1.82) is 0 Å². The van der Waals surface area contributed by atoms with E-state index in [-0.39, 0.29) is 48.4 Å². The summed E-state index contributed by atoms with van der Waals surface area (Å²) in [5.41, 5.74) is -1.38. The highest BCUT2D eigenvalue weighted by molar-refractivity contribution is 6.02. The minimum absolute atomic E-state index is 0.0128. The van der Waals surface area contributed by atoms with E-state index in [0.29, 0.717) is 39.4 Å². The highest BCUT2D eigenvalue weighted by Crippen LogP contribution is 2.32. The summed E-state index contributed by atoms with van der Waals surface area (Å²) in [6.45, 7) is 19.2. The van der Waals surface area contributed by atoms with Crippen LogP contribution in [0, 0.1) is 5.92 Å². The Morgan fingerprint density at radius 3 is 2.02 bits per heavy atom. The molecule has 1 fully saturated rings. The third kappa shape index (κ3) is 14.8. The molecule has 0 bridgehead atoms. The number of nitrogens with one attached hydrogen (secondary N) is 2. The summed E-state index contributed by atoms with van der Waals surface area (Å²) in [4.78, 5) is 36.4. The number of hydrogen-bond donors (Lipinski definition) is 2. The number of carbonyl (C=O) groups is 3. The number of nitrogens with zero attached hydrogens (tertiary/aromatic N) is 1. The summed E-state index contributed by atoms with van der Waals surface area (Å²) in [6.07, 6.45) is 3.00. The Kier molecular flexibility index (Phi) is 15.2. The van der Waals surface area contributed by atoms with Gasteiger partial charge in [0.25, 0.3) is 0 Å². The van der Waals surface area contributed by atoms with Gasteiger partial charge < -0.3 is 34.3 Å². The van der Waals surface area contributed by atoms with Crippen LogP contribution in [0.3, 0.4) is 0 Å². The Hall–Kier alpha value is -1.79. The maximum absolute atomic E-state index is 12.1. The number of carbonyl (C=O) groups excluding carboxylic acids is 3. The van der Waals surface area contributed by atoms with Crippen LogP contribution in [0.15, 0.2) is 0 Å². The van der Waals surface area contributed by atoms with Crippen LogP contribution in [0.2, 0.25) is 0 Å². The highest BCUT2D eigenvalue weighted by atomic mass is 16.5. The molecule has 240 valence electrons. The second-order valence-corrected chi connectivity index (χ2v) is 13.1. The van der Waals surface area contributed by atoms with Crippen LogP contribution in [-0.2, 0) is 33.3 Å². The highest BCUT2D eigenvalue weighted by Gasteiger charge is 2.36. The van der Waals surface area contributed by atoms with Crippen molar-refractivity contribution in [3.05, 3.63) is 0 Å². The molecule has 41 heavy (non-hydrogen) atoms. The molecule has 1 atom stereocenters. The van der Waals surface area contributed by atoms with Gasteiger partial charge in [-0.2, -0.15) is 0 Å². The molecule has 1 aliphatic heterocycles. The number of amides is 4. The standard InChI is InChI=1S/C30H57N3O8/c1-27(2,37-9)13-18-40-29(5,6)20-23(30(7,8)41-19-14-28(3,4)38-10)22-39-17-11-15-31-24(34)12-16-33-25(35)21-32-26(33)36/h23H,11-22H2,1-10H3,(H,31,34)(H,32,36). The lowest BCUT2D eigenvalue weighted by Crippen LogP contribution is -2.43. The van der Waals surface area contributed by atoms with Crippen molar-refractivity contribution in [2.45, 2.75) is 110 Å². The summed E-state index contributed by atoms with van der Waals surface area (Å²) in [7, 11) is 3.42. The molecule has 0 aromatic carbocycles. The molecule has 0 radical (unpaired) electrons. The predicted molar refractivity (Wildman–Crippen MR) is 158 cm³/mol. The maximum atomic E-state index is 12.1. The van der Waals surface area contributed by atoms with Gasteiger partial charge >= 0.3 is 6.03 Å². The molecule has 0 aliphatic carbocycles. The molecular weight excluding hydrogens is 530 g/mol. The molecule has 4 amide bonds. The number of rotatable bonds is 22. The quantitative estimate of drug-likeness (QED) is 0.145. The van der Waals surface area contributed by atoms with Crippen LogP contribution in [0.1, 0.15) is 87.5 Å². The Morgan fingerprint density at radius 2 is 1.49 bits per heavy atom.